The van der Waals surface area contributed by atoms with Crippen molar-refractivity contribution in [3.8, 4) is 0 Å². The Labute approximate surface area is 154 Å². The highest BCUT2D eigenvalue weighted by Gasteiger charge is 2.43. The quantitative estimate of drug-likeness (QED) is 0.881. The maximum atomic E-state index is 6.25. The fraction of sp³-hybridized carbons (Fsp3) is 0.579. The van der Waals surface area contributed by atoms with Gasteiger partial charge < -0.3 is 19.4 Å². The van der Waals surface area contributed by atoms with Gasteiger partial charge in [-0.05, 0) is 31.4 Å². The molecule has 1 N–H and O–H groups in total. The van der Waals surface area contributed by atoms with E-state index in [2.05, 4.69) is 20.2 Å². The first-order valence-electron chi connectivity index (χ1n) is 9.27. The van der Waals surface area contributed by atoms with Gasteiger partial charge in [0.25, 0.3) is 0 Å². The van der Waals surface area contributed by atoms with Crippen LogP contribution < -0.4 is 10.2 Å². The Balaban J connectivity index is 1.37. The van der Waals surface area contributed by atoms with E-state index in [4.69, 9.17) is 9.15 Å². The third-order valence-corrected chi connectivity index (χ3v) is 5.31. The number of ether oxygens (including phenoxy) is 1. The van der Waals surface area contributed by atoms with Gasteiger partial charge in [-0.2, -0.15) is 0 Å². The molecule has 2 atom stereocenters. The lowest BCUT2D eigenvalue weighted by Gasteiger charge is -2.38. The first-order valence-corrected chi connectivity index (χ1v) is 9.27. The fourth-order valence-electron chi connectivity index (χ4n) is 4.00. The summed E-state index contributed by atoms with van der Waals surface area (Å²) in [5.74, 6) is 2.82. The Morgan fingerprint density at radius 2 is 2.31 bits per heavy atom. The molecule has 2 aromatic heterocycles. The predicted molar refractivity (Wildman–Crippen MR) is 100 cm³/mol. The van der Waals surface area contributed by atoms with Gasteiger partial charge in [-0.3, -0.25) is 4.90 Å². The summed E-state index contributed by atoms with van der Waals surface area (Å²) in [5.41, 5.74) is -0.0556. The van der Waals surface area contributed by atoms with Crippen molar-refractivity contribution >= 4 is 11.6 Å². The molecule has 0 saturated carbocycles. The van der Waals surface area contributed by atoms with Crippen LogP contribution in [-0.4, -0.2) is 60.3 Å². The lowest BCUT2D eigenvalue weighted by atomic mass is 9.89. The summed E-state index contributed by atoms with van der Waals surface area (Å²) in [4.78, 5) is 13.1. The molecule has 2 aliphatic rings. The molecule has 1 spiro atoms. The van der Waals surface area contributed by atoms with Crippen molar-refractivity contribution in [1.29, 1.82) is 0 Å². The highest BCUT2D eigenvalue weighted by Crippen LogP contribution is 2.35. The van der Waals surface area contributed by atoms with Gasteiger partial charge >= 0.3 is 0 Å². The van der Waals surface area contributed by atoms with Crippen LogP contribution in [0.4, 0.5) is 11.6 Å². The number of nitrogens with one attached hydrogen (secondary N) is 1. The molecule has 2 aliphatic heterocycles. The summed E-state index contributed by atoms with van der Waals surface area (Å²) >= 11 is 0. The summed E-state index contributed by atoms with van der Waals surface area (Å²) in [6.07, 6.45) is 6.43. The number of furan rings is 1. The largest absolute Gasteiger partial charge is 0.468 e. The summed E-state index contributed by atoms with van der Waals surface area (Å²) in [5, 5.41) is 3.59. The molecule has 7 nitrogen and oxygen atoms in total. The van der Waals surface area contributed by atoms with Crippen molar-refractivity contribution in [1.82, 2.24) is 14.9 Å². The lowest BCUT2D eigenvalue weighted by Crippen LogP contribution is -2.46. The molecular weight excluding hydrogens is 330 g/mol. The number of hydrogen-bond acceptors (Lipinski definition) is 7. The molecule has 4 heterocycles. The zero-order chi connectivity index (χ0) is 18.0. The molecule has 0 unspecified atom stereocenters. The van der Waals surface area contributed by atoms with Crippen molar-refractivity contribution in [3.05, 3.63) is 36.5 Å². The summed E-state index contributed by atoms with van der Waals surface area (Å²) in [7, 11) is 3.98. The summed E-state index contributed by atoms with van der Waals surface area (Å²) in [6.45, 7) is 3.65. The molecule has 140 valence electrons. The minimum atomic E-state index is -0.0556. The lowest BCUT2D eigenvalue weighted by molar-refractivity contribution is -0.0739. The van der Waals surface area contributed by atoms with Crippen molar-refractivity contribution < 1.29 is 9.15 Å². The van der Waals surface area contributed by atoms with Crippen LogP contribution in [0.1, 0.15) is 25.0 Å². The van der Waals surface area contributed by atoms with E-state index in [1.807, 2.05) is 37.2 Å². The van der Waals surface area contributed by atoms with E-state index in [0.717, 1.165) is 62.9 Å². The number of rotatable bonds is 5. The van der Waals surface area contributed by atoms with E-state index >= 15 is 0 Å². The van der Waals surface area contributed by atoms with Crippen LogP contribution in [0.15, 0.2) is 35.2 Å². The van der Waals surface area contributed by atoms with Gasteiger partial charge in [0.15, 0.2) is 0 Å². The van der Waals surface area contributed by atoms with Crippen LogP contribution in [0.25, 0.3) is 0 Å². The number of aromatic nitrogens is 2. The van der Waals surface area contributed by atoms with Gasteiger partial charge in [0.1, 0.15) is 23.7 Å². The first kappa shape index (κ1) is 17.3. The van der Waals surface area contributed by atoms with E-state index in [9.17, 15) is 0 Å². The molecule has 0 aromatic carbocycles. The summed E-state index contributed by atoms with van der Waals surface area (Å²) < 4.78 is 11.7. The fourth-order valence-corrected chi connectivity index (χ4v) is 4.00. The molecular formula is C19H27N5O2. The van der Waals surface area contributed by atoms with E-state index in [1.165, 1.54) is 0 Å². The van der Waals surface area contributed by atoms with Gasteiger partial charge in [0, 0.05) is 45.9 Å². The second kappa shape index (κ2) is 7.25. The topological polar surface area (TPSA) is 66.7 Å². The molecule has 0 aliphatic carbocycles. The highest BCUT2D eigenvalue weighted by molar-refractivity contribution is 5.47. The molecule has 2 saturated heterocycles. The Morgan fingerprint density at radius 1 is 1.38 bits per heavy atom. The third kappa shape index (κ3) is 3.83. The van der Waals surface area contributed by atoms with Crippen LogP contribution in [0, 0.1) is 0 Å². The SMILES string of the molecule is CN(C)c1cc(N[C@H]2CCO[C@]3(CCN(Cc4ccco4)C3)C2)ncn1. The number of anilines is 2. The minimum absolute atomic E-state index is 0.0556. The average molecular weight is 357 g/mol. The van der Waals surface area contributed by atoms with Crippen LogP contribution in [-0.2, 0) is 11.3 Å². The van der Waals surface area contributed by atoms with Crippen molar-refractivity contribution in [2.45, 2.75) is 37.5 Å². The third-order valence-electron chi connectivity index (χ3n) is 5.31. The molecule has 0 bridgehead atoms. The second-order valence-electron chi connectivity index (χ2n) is 7.56. The van der Waals surface area contributed by atoms with Crippen LogP contribution >= 0.6 is 0 Å². The molecule has 26 heavy (non-hydrogen) atoms. The number of likely N-dealkylation sites (tertiary alicyclic amines) is 1. The van der Waals surface area contributed by atoms with Crippen LogP contribution in [0.3, 0.4) is 0 Å². The van der Waals surface area contributed by atoms with E-state index < -0.39 is 0 Å². The highest BCUT2D eigenvalue weighted by atomic mass is 16.5. The Bertz CT molecular complexity index is 720. The van der Waals surface area contributed by atoms with Crippen molar-refractivity contribution in [3.63, 3.8) is 0 Å². The number of hydrogen-bond donors (Lipinski definition) is 1. The molecule has 0 amide bonds. The Hall–Kier alpha value is -2.12. The maximum absolute atomic E-state index is 6.25. The van der Waals surface area contributed by atoms with Crippen LogP contribution in [0.5, 0.6) is 0 Å². The van der Waals surface area contributed by atoms with Crippen molar-refractivity contribution in [2.24, 2.45) is 0 Å². The zero-order valence-electron chi connectivity index (χ0n) is 15.5. The maximum Gasteiger partial charge on any atom is 0.133 e. The van der Waals surface area contributed by atoms with Crippen molar-refractivity contribution in [2.75, 3.05) is 44.0 Å². The van der Waals surface area contributed by atoms with E-state index in [0.29, 0.717) is 6.04 Å². The van der Waals surface area contributed by atoms with Crippen LogP contribution in [0.2, 0.25) is 0 Å². The van der Waals surface area contributed by atoms with E-state index in [-0.39, 0.29) is 5.60 Å². The first-order chi connectivity index (χ1) is 12.6. The van der Waals surface area contributed by atoms with Gasteiger partial charge in [-0.15, -0.1) is 0 Å². The standard InChI is InChI=1S/C19H27N5O2/c1-23(2)18-10-17(20-14-21-18)22-15-5-9-26-19(11-15)6-7-24(13-19)12-16-4-3-8-25-16/h3-4,8,10,14-15H,5-7,9,11-13H2,1-2H3,(H,20,21,22)/t15-,19+/m0/s1. The normalized spacial score (nSPS) is 26.3. The molecule has 2 fully saturated rings. The Morgan fingerprint density at radius 3 is 3.12 bits per heavy atom. The summed E-state index contributed by atoms with van der Waals surface area (Å²) in [6, 6.07) is 6.36. The Kier molecular flexibility index (Phi) is 4.82. The smallest absolute Gasteiger partial charge is 0.133 e. The molecule has 0 radical (unpaired) electrons. The molecule has 2 aromatic rings. The molecule has 4 rings (SSSR count). The minimum Gasteiger partial charge on any atom is -0.468 e. The predicted octanol–water partition coefficient (Wildman–Crippen LogP) is 2.37. The molecule has 7 heteroatoms. The van der Waals surface area contributed by atoms with Gasteiger partial charge in [0.2, 0.25) is 0 Å². The van der Waals surface area contributed by atoms with Gasteiger partial charge in [-0.1, -0.05) is 0 Å². The average Bonchev–Trinajstić information content (AvgIpc) is 3.26. The van der Waals surface area contributed by atoms with Gasteiger partial charge in [0.05, 0.1) is 18.4 Å². The second-order valence-corrected chi connectivity index (χ2v) is 7.56. The van der Waals surface area contributed by atoms with Gasteiger partial charge in [-0.25, -0.2) is 9.97 Å². The monoisotopic (exact) mass is 357 g/mol. The zero-order valence-corrected chi connectivity index (χ0v) is 15.5. The van der Waals surface area contributed by atoms with E-state index in [1.54, 1.807) is 12.6 Å². The number of nitrogens with zero attached hydrogens (tertiary/aromatic N) is 4.